The number of hydrogen-bond donors (Lipinski definition) is 2. The molecular weight excluding hydrogens is 410 g/mol. The first-order valence-electron chi connectivity index (χ1n) is 10.0. The van der Waals surface area contributed by atoms with E-state index in [-0.39, 0.29) is 18.3 Å². The Morgan fingerprint density at radius 1 is 1.26 bits per heavy atom. The quantitative estimate of drug-likeness (QED) is 0.612. The van der Waals surface area contributed by atoms with Gasteiger partial charge in [-0.1, -0.05) is 48.6 Å². The lowest BCUT2D eigenvalue weighted by Crippen LogP contribution is -2.24. The maximum absolute atomic E-state index is 12.5. The van der Waals surface area contributed by atoms with Gasteiger partial charge in [-0.2, -0.15) is 0 Å². The molecule has 6 nitrogen and oxygen atoms in total. The lowest BCUT2D eigenvalue weighted by atomic mass is 10.0. The molecule has 0 saturated carbocycles. The van der Waals surface area contributed by atoms with Gasteiger partial charge < -0.3 is 10.4 Å². The number of anilines is 1. The highest BCUT2D eigenvalue weighted by molar-refractivity contribution is 7.10. The zero-order chi connectivity index (χ0) is 22.1. The number of rotatable bonds is 5. The molecule has 2 heterocycles. The number of para-hydroxylation sites is 1. The molecule has 0 spiro atoms. The average Bonchev–Trinajstić information content (AvgIpc) is 3.27. The molecule has 0 fully saturated rings. The average molecular weight is 434 g/mol. The molecule has 1 aliphatic heterocycles. The highest BCUT2D eigenvalue weighted by Crippen LogP contribution is 2.37. The Balaban J connectivity index is 1.59. The topological polar surface area (TPSA) is 83.7 Å². The summed E-state index contributed by atoms with van der Waals surface area (Å²) in [5.41, 5.74) is 6.52. The molecule has 0 aliphatic carbocycles. The lowest BCUT2D eigenvalue weighted by molar-refractivity contribution is -0.116. The molecule has 0 radical (unpaired) electrons. The number of benzene rings is 2. The van der Waals surface area contributed by atoms with Crippen LogP contribution in [-0.4, -0.2) is 21.8 Å². The minimum Gasteiger partial charge on any atom is -0.493 e. The van der Waals surface area contributed by atoms with Gasteiger partial charge in [0.05, 0.1) is 10.6 Å². The summed E-state index contributed by atoms with van der Waals surface area (Å²) in [4.78, 5) is 29.5. The smallest absolute Gasteiger partial charge is 0.311 e. The van der Waals surface area contributed by atoms with Gasteiger partial charge in [-0.3, -0.25) is 19.1 Å². The van der Waals surface area contributed by atoms with Crippen LogP contribution in [0.4, 0.5) is 11.4 Å². The van der Waals surface area contributed by atoms with Crippen molar-refractivity contribution < 1.29 is 9.90 Å². The number of amides is 1. The van der Waals surface area contributed by atoms with Crippen LogP contribution in [0.1, 0.15) is 34.1 Å². The summed E-state index contributed by atoms with van der Waals surface area (Å²) >= 11 is 0.906. The zero-order valence-corrected chi connectivity index (χ0v) is 18.4. The van der Waals surface area contributed by atoms with Gasteiger partial charge in [-0.25, -0.2) is 0 Å². The van der Waals surface area contributed by atoms with Crippen LogP contribution in [0.15, 0.2) is 46.2 Å². The maximum Gasteiger partial charge on any atom is 0.311 e. The van der Waals surface area contributed by atoms with E-state index in [4.69, 9.17) is 0 Å². The number of aromatic nitrogens is 1. The number of allylic oxidation sites excluding steroid dienone is 1. The fraction of sp³-hybridized carbons (Fsp3) is 0.208. The highest BCUT2D eigenvalue weighted by atomic mass is 32.1. The van der Waals surface area contributed by atoms with Crippen molar-refractivity contribution in [3.63, 3.8) is 0 Å². The minimum absolute atomic E-state index is 0.216. The Bertz CT molecular complexity index is 1300. The molecule has 0 atom stereocenters. The highest BCUT2D eigenvalue weighted by Gasteiger charge is 2.19. The van der Waals surface area contributed by atoms with Crippen LogP contribution < -0.4 is 10.2 Å². The van der Waals surface area contributed by atoms with Crippen LogP contribution in [0.2, 0.25) is 0 Å². The molecule has 2 aromatic carbocycles. The van der Waals surface area contributed by atoms with Gasteiger partial charge in [0, 0.05) is 23.0 Å². The number of nitrogens with zero attached hydrogens (tertiary/aromatic N) is 2. The molecule has 3 aromatic rings. The van der Waals surface area contributed by atoms with Gasteiger partial charge >= 0.3 is 4.87 Å². The molecule has 31 heavy (non-hydrogen) atoms. The number of aromatic hydroxyl groups is 1. The molecular formula is C24H23N3O3S. The Labute approximate surface area is 184 Å². The van der Waals surface area contributed by atoms with Crippen molar-refractivity contribution in [2.24, 2.45) is 4.99 Å². The molecule has 1 aromatic heterocycles. The number of aryl methyl sites for hydroxylation is 3. The van der Waals surface area contributed by atoms with E-state index in [2.05, 4.69) is 17.2 Å². The molecule has 1 amide bonds. The predicted molar refractivity (Wildman–Crippen MR) is 127 cm³/mol. The number of hydrogen-bond acceptors (Lipinski definition) is 5. The first-order valence-corrected chi connectivity index (χ1v) is 10.9. The summed E-state index contributed by atoms with van der Waals surface area (Å²) in [6, 6.07) is 11.8. The standard InChI is InChI=1S/C24H23N3O3S/c1-4-16-6-5-7-18-17(12-25-22(16)18)11-20-23(29)27(24(30)31-20)13-21(28)26-19-10-14(2)8-9-15(19)3/h5-12,29H,4,13H2,1-3H3,(H,26,28). The van der Waals surface area contributed by atoms with Gasteiger partial charge in [0.25, 0.3) is 0 Å². The first-order chi connectivity index (χ1) is 14.9. The Morgan fingerprint density at radius 3 is 2.84 bits per heavy atom. The molecule has 1 aliphatic rings. The molecule has 0 saturated heterocycles. The Morgan fingerprint density at radius 2 is 2.06 bits per heavy atom. The van der Waals surface area contributed by atoms with Crippen LogP contribution in [-0.2, 0) is 17.8 Å². The number of nitrogens with one attached hydrogen (secondary N) is 1. The van der Waals surface area contributed by atoms with E-state index in [0.717, 1.165) is 55.8 Å². The van der Waals surface area contributed by atoms with E-state index >= 15 is 0 Å². The third-order valence-corrected chi connectivity index (χ3v) is 6.21. The largest absolute Gasteiger partial charge is 0.493 e. The van der Waals surface area contributed by atoms with Crippen LogP contribution >= 0.6 is 11.3 Å². The number of fused-ring (bicyclic) bond motifs is 1. The third kappa shape index (κ3) is 4.09. The summed E-state index contributed by atoms with van der Waals surface area (Å²) in [7, 11) is 0. The summed E-state index contributed by atoms with van der Waals surface area (Å²) in [6.45, 7) is 5.66. The van der Waals surface area contributed by atoms with Crippen LogP contribution in [0.25, 0.3) is 11.6 Å². The Kier molecular flexibility index (Phi) is 5.61. The summed E-state index contributed by atoms with van der Waals surface area (Å²) in [5, 5.41) is 13.5. The van der Waals surface area contributed by atoms with Crippen molar-refractivity contribution in [1.29, 1.82) is 0 Å². The molecule has 0 bridgehead atoms. The fourth-order valence-electron chi connectivity index (χ4n) is 3.57. The summed E-state index contributed by atoms with van der Waals surface area (Å²) < 4.78 is 1.09. The van der Waals surface area contributed by atoms with Gasteiger partial charge in [-0.05, 0) is 49.1 Å². The van der Waals surface area contributed by atoms with Gasteiger partial charge in [-0.15, -0.1) is 0 Å². The van der Waals surface area contributed by atoms with E-state index < -0.39 is 4.87 Å². The number of thiazole rings is 1. The van der Waals surface area contributed by atoms with Crippen LogP contribution in [0, 0.1) is 13.8 Å². The van der Waals surface area contributed by atoms with E-state index in [1.54, 1.807) is 12.3 Å². The molecule has 0 unspecified atom stereocenters. The van der Waals surface area contributed by atoms with Crippen molar-refractivity contribution in [3.8, 4) is 5.88 Å². The SMILES string of the molecule is CCc1cccc2c1N=CC2=Cc1sc(=O)n(CC(=O)Nc2cc(C)ccc2C)c1O. The molecule has 158 valence electrons. The number of carbonyl (C=O) groups is 1. The van der Waals surface area contributed by atoms with Gasteiger partial charge in [0.15, 0.2) is 0 Å². The van der Waals surface area contributed by atoms with Crippen molar-refractivity contribution in [2.75, 3.05) is 5.32 Å². The van der Waals surface area contributed by atoms with E-state index in [9.17, 15) is 14.7 Å². The van der Waals surface area contributed by atoms with Gasteiger partial charge in [0.2, 0.25) is 11.8 Å². The Hall–Kier alpha value is -3.45. The second kappa shape index (κ2) is 8.35. The first kappa shape index (κ1) is 20.8. The maximum atomic E-state index is 12.5. The second-order valence-corrected chi connectivity index (χ2v) is 8.53. The van der Waals surface area contributed by atoms with Crippen molar-refractivity contribution in [2.45, 2.75) is 33.7 Å². The zero-order valence-electron chi connectivity index (χ0n) is 17.6. The third-order valence-electron chi connectivity index (χ3n) is 5.29. The number of aliphatic imine (C=N–C) groups is 1. The minimum atomic E-state index is -0.391. The number of carbonyl (C=O) groups excluding carboxylic acids is 1. The lowest BCUT2D eigenvalue weighted by Gasteiger charge is -2.10. The van der Waals surface area contributed by atoms with Crippen molar-refractivity contribution in [1.82, 2.24) is 4.57 Å². The summed E-state index contributed by atoms with van der Waals surface area (Å²) in [6.07, 6.45) is 4.36. The van der Waals surface area contributed by atoms with Crippen molar-refractivity contribution in [3.05, 3.63) is 73.2 Å². The van der Waals surface area contributed by atoms with E-state index in [1.807, 2.05) is 50.2 Å². The summed E-state index contributed by atoms with van der Waals surface area (Å²) in [5.74, 6) is -0.587. The fourth-order valence-corrected chi connectivity index (χ4v) is 4.41. The van der Waals surface area contributed by atoms with Crippen LogP contribution in [0.5, 0.6) is 5.88 Å². The molecule has 2 N–H and O–H groups in total. The van der Waals surface area contributed by atoms with Crippen LogP contribution in [0.3, 0.4) is 0 Å². The monoisotopic (exact) mass is 433 g/mol. The predicted octanol–water partition coefficient (Wildman–Crippen LogP) is 4.69. The van der Waals surface area contributed by atoms with Crippen molar-refractivity contribution >= 4 is 46.5 Å². The van der Waals surface area contributed by atoms with Gasteiger partial charge in [0.1, 0.15) is 6.54 Å². The molecule has 7 heteroatoms. The second-order valence-electron chi connectivity index (χ2n) is 7.53. The molecule has 4 rings (SSSR count). The van der Waals surface area contributed by atoms with E-state index in [1.165, 1.54) is 0 Å². The normalized spacial score (nSPS) is 13.6. The van der Waals surface area contributed by atoms with E-state index in [0.29, 0.717) is 10.6 Å².